The van der Waals surface area contributed by atoms with Gasteiger partial charge in [0.05, 0.1) is 0 Å². The minimum atomic E-state index is -0.728. The van der Waals surface area contributed by atoms with Crippen LogP contribution in [0.2, 0.25) is 0 Å². The number of carboxylic acid groups (broad SMARTS) is 1. The third kappa shape index (κ3) is 1.93. The zero-order chi connectivity index (χ0) is 12.6. The summed E-state index contributed by atoms with van der Waals surface area (Å²) in [6.45, 7) is 1.91. The molecule has 0 amide bonds. The summed E-state index contributed by atoms with van der Waals surface area (Å²) in [6.07, 6.45) is 5.20. The summed E-state index contributed by atoms with van der Waals surface area (Å²) in [6, 6.07) is 9.12. The Bertz CT molecular complexity index is 429. The van der Waals surface area contributed by atoms with Crippen molar-refractivity contribution in [1.82, 2.24) is 4.90 Å². The number of carboxylic acids is 1. The van der Waals surface area contributed by atoms with Crippen LogP contribution in [-0.4, -0.2) is 29.1 Å². The quantitative estimate of drug-likeness (QED) is 0.890. The molecule has 1 heterocycles. The molecule has 1 atom stereocenters. The van der Waals surface area contributed by atoms with Crippen molar-refractivity contribution in [1.29, 1.82) is 0 Å². The Morgan fingerprint density at radius 1 is 1.17 bits per heavy atom. The summed E-state index contributed by atoms with van der Waals surface area (Å²) in [4.78, 5) is 13.6. The van der Waals surface area contributed by atoms with E-state index < -0.39 is 12.0 Å². The molecule has 1 aromatic carbocycles. The second-order valence-corrected chi connectivity index (χ2v) is 5.76. The van der Waals surface area contributed by atoms with Gasteiger partial charge in [0.25, 0.3) is 0 Å². The smallest absolute Gasteiger partial charge is 0.325 e. The zero-order valence-electron chi connectivity index (χ0n) is 10.5. The Labute approximate surface area is 107 Å². The number of aliphatic carboxylic acids is 1. The summed E-state index contributed by atoms with van der Waals surface area (Å²) >= 11 is 0. The minimum Gasteiger partial charge on any atom is -0.480 e. The molecule has 1 unspecified atom stereocenters. The van der Waals surface area contributed by atoms with Crippen molar-refractivity contribution in [3.05, 3.63) is 35.9 Å². The highest BCUT2D eigenvalue weighted by Crippen LogP contribution is 2.48. The molecule has 3 nitrogen and oxygen atoms in total. The molecule has 1 aliphatic carbocycles. The van der Waals surface area contributed by atoms with Gasteiger partial charge in [0.2, 0.25) is 0 Å². The van der Waals surface area contributed by atoms with E-state index in [1.165, 1.54) is 25.7 Å². The van der Waals surface area contributed by atoms with Gasteiger partial charge >= 0.3 is 5.97 Å². The van der Waals surface area contributed by atoms with E-state index in [1.54, 1.807) is 0 Å². The van der Waals surface area contributed by atoms with Crippen LogP contribution in [0.3, 0.4) is 0 Å². The van der Waals surface area contributed by atoms with E-state index in [4.69, 9.17) is 0 Å². The lowest BCUT2D eigenvalue weighted by Crippen LogP contribution is -2.57. The van der Waals surface area contributed by atoms with E-state index >= 15 is 0 Å². The van der Waals surface area contributed by atoms with E-state index in [2.05, 4.69) is 4.90 Å². The molecule has 2 fully saturated rings. The van der Waals surface area contributed by atoms with Gasteiger partial charge in [0, 0.05) is 13.1 Å². The maximum atomic E-state index is 11.5. The molecule has 1 spiro atoms. The van der Waals surface area contributed by atoms with Crippen LogP contribution >= 0.6 is 0 Å². The van der Waals surface area contributed by atoms with E-state index in [1.807, 2.05) is 30.3 Å². The van der Waals surface area contributed by atoms with E-state index in [-0.39, 0.29) is 0 Å². The lowest BCUT2D eigenvalue weighted by atomic mass is 9.77. The van der Waals surface area contributed by atoms with Gasteiger partial charge in [-0.15, -0.1) is 0 Å². The normalized spacial score (nSPS) is 23.8. The summed E-state index contributed by atoms with van der Waals surface area (Å²) in [7, 11) is 0. The van der Waals surface area contributed by atoms with Gasteiger partial charge < -0.3 is 5.11 Å². The number of hydrogen-bond donors (Lipinski definition) is 1. The van der Waals surface area contributed by atoms with E-state index in [0.29, 0.717) is 5.41 Å². The number of rotatable bonds is 3. The van der Waals surface area contributed by atoms with Crippen molar-refractivity contribution in [2.45, 2.75) is 31.7 Å². The van der Waals surface area contributed by atoms with Crippen molar-refractivity contribution in [3.8, 4) is 0 Å². The van der Waals surface area contributed by atoms with Gasteiger partial charge in [0.1, 0.15) is 6.04 Å². The average molecular weight is 245 g/mol. The molecule has 1 N–H and O–H groups in total. The topological polar surface area (TPSA) is 40.5 Å². The van der Waals surface area contributed by atoms with Crippen molar-refractivity contribution in [2.24, 2.45) is 5.41 Å². The Morgan fingerprint density at radius 2 is 1.78 bits per heavy atom. The predicted octanol–water partition coefficient (Wildman–Crippen LogP) is 2.69. The molecule has 0 bridgehead atoms. The summed E-state index contributed by atoms with van der Waals surface area (Å²) in [5.41, 5.74) is 1.35. The van der Waals surface area contributed by atoms with Gasteiger partial charge in [-0.2, -0.15) is 0 Å². The maximum absolute atomic E-state index is 11.5. The van der Waals surface area contributed by atoms with Gasteiger partial charge in [-0.1, -0.05) is 43.2 Å². The van der Waals surface area contributed by atoms with Crippen LogP contribution in [0.4, 0.5) is 0 Å². The fourth-order valence-corrected chi connectivity index (χ4v) is 3.58. The third-order valence-corrected chi connectivity index (χ3v) is 4.46. The summed E-state index contributed by atoms with van der Waals surface area (Å²) < 4.78 is 0. The van der Waals surface area contributed by atoms with Crippen molar-refractivity contribution in [2.75, 3.05) is 13.1 Å². The zero-order valence-corrected chi connectivity index (χ0v) is 10.5. The molecular weight excluding hydrogens is 226 g/mol. The summed E-state index contributed by atoms with van der Waals surface area (Å²) in [5, 5.41) is 9.45. The van der Waals surface area contributed by atoms with Crippen molar-refractivity contribution >= 4 is 5.97 Å². The lowest BCUT2D eigenvalue weighted by Gasteiger charge is -2.50. The first-order valence-electron chi connectivity index (χ1n) is 6.72. The van der Waals surface area contributed by atoms with Crippen LogP contribution < -0.4 is 0 Å². The SMILES string of the molecule is O=C(O)C(c1ccccc1)N1CC2(CCCC2)C1. The molecule has 1 aliphatic heterocycles. The highest BCUT2D eigenvalue weighted by molar-refractivity contribution is 5.75. The second-order valence-electron chi connectivity index (χ2n) is 5.76. The molecule has 18 heavy (non-hydrogen) atoms. The fourth-order valence-electron chi connectivity index (χ4n) is 3.58. The number of hydrogen-bond acceptors (Lipinski definition) is 2. The van der Waals surface area contributed by atoms with E-state index in [9.17, 15) is 9.90 Å². The van der Waals surface area contributed by atoms with Crippen LogP contribution in [0.1, 0.15) is 37.3 Å². The number of likely N-dealkylation sites (tertiary alicyclic amines) is 1. The first kappa shape index (κ1) is 11.7. The Morgan fingerprint density at radius 3 is 2.33 bits per heavy atom. The first-order valence-corrected chi connectivity index (χ1v) is 6.72. The fraction of sp³-hybridized carbons (Fsp3) is 0.533. The van der Waals surface area contributed by atoms with Gasteiger partial charge in [-0.3, -0.25) is 9.69 Å². The first-order chi connectivity index (χ1) is 8.70. The molecular formula is C15H19NO2. The molecule has 3 heteroatoms. The molecule has 2 aliphatic rings. The van der Waals surface area contributed by atoms with Crippen molar-refractivity contribution < 1.29 is 9.90 Å². The average Bonchev–Trinajstić information content (AvgIpc) is 2.79. The monoisotopic (exact) mass is 245 g/mol. The highest BCUT2D eigenvalue weighted by Gasteiger charge is 2.48. The molecule has 1 aromatic rings. The van der Waals surface area contributed by atoms with Gasteiger partial charge in [-0.05, 0) is 23.8 Å². The Hall–Kier alpha value is -1.35. The minimum absolute atomic E-state index is 0.447. The summed E-state index contributed by atoms with van der Waals surface area (Å²) in [5.74, 6) is -0.728. The van der Waals surface area contributed by atoms with E-state index in [0.717, 1.165) is 18.7 Å². The van der Waals surface area contributed by atoms with Crippen LogP contribution in [0, 0.1) is 5.41 Å². The molecule has 1 saturated heterocycles. The van der Waals surface area contributed by atoms with Gasteiger partial charge in [0.15, 0.2) is 0 Å². The standard InChI is InChI=1S/C15H19NO2/c17-14(18)13(12-6-2-1-3-7-12)16-10-15(11-16)8-4-5-9-15/h1-3,6-7,13H,4-5,8-11H2,(H,17,18). The molecule has 96 valence electrons. The highest BCUT2D eigenvalue weighted by atomic mass is 16.4. The predicted molar refractivity (Wildman–Crippen MR) is 69.3 cm³/mol. The second kappa shape index (κ2) is 4.39. The number of benzene rings is 1. The maximum Gasteiger partial charge on any atom is 0.325 e. The van der Waals surface area contributed by atoms with Crippen LogP contribution in [-0.2, 0) is 4.79 Å². The largest absolute Gasteiger partial charge is 0.480 e. The third-order valence-electron chi connectivity index (χ3n) is 4.46. The van der Waals surface area contributed by atoms with Crippen LogP contribution in [0.25, 0.3) is 0 Å². The number of nitrogens with zero attached hydrogens (tertiary/aromatic N) is 1. The molecule has 0 radical (unpaired) electrons. The van der Waals surface area contributed by atoms with Crippen LogP contribution in [0.5, 0.6) is 0 Å². The Balaban J connectivity index is 1.75. The van der Waals surface area contributed by atoms with Gasteiger partial charge in [-0.25, -0.2) is 0 Å². The molecule has 0 aromatic heterocycles. The molecule has 1 saturated carbocycles. The van der Waals surface area contributed by atoms with Crippen molar-refractivity contribution in [3.63, 3.8) is 0 Å². The Kier molecular flexibility index (Phi) is 2.86. The molecule has 3 rings (SSSR count). The van der Waals surface area contributed by atoms with Crippen LogP contribution in [0.15, 0.2) is 30.3 Å². The number of carbonyl (C=O) groups is 1. The lowest BCUT2D eigenvalue weighted by molar-refractivity contribution is -0.149.